The zero-order chi connectivity index (χ0) is 19.8. The van der Waals surface area contributed by atoms with Gasteiger partial charge in [-0.05, 0) is 48.9 Å². The molecule has 0 spiro atoms. The Morgan fingerprint density at radius 3 is 2.64 bits per heavy atom. The Bertz CT molecular complexity index is 1000. The molecule has 0 radical (unpaired) electrons. The van der Waals surface area contributed by atoms with Crippen molar-refractivity contribution in [2.24, 2.45) is 0 Å². The maximum Gasteiger partial charge on any atom is 0.330 e. The Kier molecular flexibility index (Phi) is 6.32. The van der Waals surface area contributed by atoms with Gasteiger partial charge in [-0.25, -0.2) is 13.9 Å². The molecule has 0 aliphatic heterocycles. The first kappa shape index (κ1) is 19.1. The molecule has 2 aromatic carbocycles. The summed E-state index contributed by atoms with van der Waals surface area (Å²) in [4.78, 5) is 11.9. The summed E-state index contributed by atoms with van der Waals surface area (Å²) in [6.45, 7) is 0.199. The number of unbranched alkanes of at least 4 members (excludes halogenated alkanes) is 1. The van der Waals surface area contributed by atoms with E-state index in [-0.39, 0.29) is 12.4 Å². The van der Waals surface area contributed by atoms with Crippen LogP contribution in [-0.4, -0.2) is 22.4 Å². The lowest BCUT2D eigenvalue weighted by Crippen LogP contribution is -2.01. The number of halogens is 1. The number of nitrogens with zero attached hydrogens (tertiary/aromatic N) is 3. The van der Waals surface area contributed by atoms with Crippen molar-refractivity contribution in [1.82, 2.24) is 9.78 Å². The molecule has 3 rings (SSSR count). The van der Waals surface area contributed by atoms with Gasteiger partial charge < -0.3 is 4.74 Å². The molecule has 0 bridgehead atoms. The standard InChI is InChI=1S/C22H18FN3O2/c23-19-11-8-17(9-12-19)22-18(10-13-21(27)28-15-5-4-14-24)16-26(25-22)20-6-2-1-3-7-20/h1-3,6-13,16H,4-5,15H2/b13-10+. The SMILES string of the molecule is N#CCCCOC(=O)/C=C/c1cn(-c2ccccc2)nc1-c1ccc(F)cc1. The van der Waals surface area contributed by atoms with Crippen LogP contribution < -0.4 is 0 Å². The van der Waals surface area contributed by atoms with Crippen molar-refractivity contribution in [2.45, 2.75) is 12.8 Å². The predicted molar refractivity (Wildman–Crippen MR) is 104 cm³/mol. The second-order valence-electron chi connectivity index (χ2n) is 5.98. The van der Waals surface area contributed by atoms with Crippen LogP contribution in [0.3, 0.4) is 0 Å². The highest BCUT2D eigenvalue weighted by atomic mass is 19.1. The normalized spacial score (nSPS) is 10.7. The summed E-state index contributed by atoms with van der Waals surface area (Å²) in [5.41, 5.74) is 2.92. The van der Waals surface area contributed by atoms with E-state index in [1.165, 1.54) is 18.2 Å². The predicted octanol–water partition coefficient (Wildman–Crippen LogP) is 4.54. The first-order valence-corrected chi connectivity index (χ1v) is 8.80. The molecule has 6 heteroatoms. The number of esters is 1. The molecule has 0 saturated heterocycles. The number of aromatic nitrogens is 2. The van der Waals surface area contributed by atoms with Crippen LogP contribution in [0.2, 0.25) is 0 Å². The minimum atomic E-state index is -0.490. The molecule has 0 aliphatic carbocycles. The summed E-state index contributed by atoms with van der Waals surface area (Å²) in [5.74, 6) is -0.820. The van der Waals surface area contributed by atoms with Crippen LogP contribution in [0.4, 0.5) is 4.39 Å². The molecular weight excluding hydrogens is 357 g/mol. The van der Waals surface area contributed by atoms with Crippen molar-refractivity contribution in [1.29, 1.82) is 5.26 Å². The van der Waals surface area contributed by atoms with Gasteiger partial charge in [0.1, 0.15) is 5.82 Å². The number of rotatable bonds is 7. The highest BCUT2D eigenvalue weighted by Crippen LogP contribution is 2.25. The minimum Gasteiger partial charge on any atom is -0.462 e. The average Bonchev–Trinajstić information content (AvgIpc) is 3.15. The second kappa shape index (κ2) is 9.28. The average molecular weight is 375 g/mol. The number of nitriles is 1. The molecule has 0 aliphatic rings. The van der Waals surface area contributed by atoms with Gasteiger partial charge in [-0.2, -0.15) is 10.4 Å². The molecular formula is C22H18FN3O2. The fourth-order valence-electron chi connectivity index (χ4n) is 2.58. The van der Waals surface area contributed by atoms with Crippen LogP contribution in [0.5, 0.6) is 0 Å². The minimum absolute atomic E-state index is 0.199. The Morgan fingerprint density at radius 2 is 1.93 bits per heavy atom. The number of para-hydroxylation sites is 1. The Hall–Kier alpha value is -3.72. The van der Waals surface area contributed by atoms with Gasteiger partial charge in [0.05, 0.1) is 24.1 Å². The van der Waals surface area contributed by atoms with E-state index in [1.807, 2.05) is 36.4 Å². The van der Waals surface area contributed by atoms with E-state index in [2.05, 4.69) is 5.10 Å². The van der Waals surface area contributed by atoms with Gasteiger partial charge >= 0.3 is 5.97 Å². The van der Waals surface area contributed by atoms with Crippen molar-refractivity contribution in [3.8, 4) is 23.0 Å². The van der Waals surface area contributed by atoms with Crippen LogP contribution in [0, 0.1) is 17.1 Å². The lowest BCUT2D eigenvalue weighted by molar-refractivity contribution is -0.137. The van der Waals surface area contributed by atoms with Gasteiger partial charge in [-0.15, -0.1) is 0 Å². The molecule has 0 atom stereocenters. The summed E-state index contributed by atoms with van der Waals surface area (Å²) in [7, 11) is 0. The molecule has 0 saturated carbocycles. The topological polar surface area (TPSA) is 67.9 Å². The maximum atomic E-state index is 13.3. The lowest BCUT2D eigenvalue weighted by Gasteiger charge is -2.00. The Morgan fingerprint density at radius 1 is 1.18 bits per heavy atom. The van der Waals surface area contributed by atoms with E-state index in [0.29, 0.717) is 24.1 Å². The van der Waals surface area contributed by atoms with Gasteiger partial charge in [0.25, 0.3) is 0 Å². The zero-order valence-corrected chi connectivity index (χ0v) is 15.1. The first-order valence-electron chi connectivity index (χ1n) is 8.80. The number of hydrogen-bond donors (Lipinski definition) is 0. The summed E-state index contributed by atoms with van der Waals surface area (Å²) in [5, 5.41) is 13.1. The summed E-state index contributed by atoms with van der Waals surface area (Å²) < 4.78 is 20.0. The summed E-state index contributed by atoms with van der Waals surface area (Å²) in [6.07, 6.45) is 5.59. The fourth-order valence-corrected chi connectivity index (χ4v) is 2.58. The number of hydrogen-bond acceptors (Lipinski definition) is 4. The van der Waals surface area contributed by atoms with Gasteiger partial charge in [-0.1, -0.05) is 18.2 Å². The first-order chi connectivity index (χ1) is 13.7. The van der Waals surface area contributed by atoms with E-state index < -0.39 is 5.97 Å². The lowest BCUT2D eigenvalue weighted by atomic mass is 10.1. The number of benzene rings is 2. The molecule has 1 heterocycles. The van der Waals surface area contributed by atoms with Crippen LogP contribution in [0.25, 0.3) is 23.0 Å². The molecule has 3 aromatic rings. The van der Waals surface area contributed by atoms with Crippen LogP contribution in [0.15, 0.2) is 66.9 Å². The van der Waals surface area contributed by atoms with E-state index in [4.69, 9.17) is 10.00 Å². The van der Waals surface area contributed by atoms with Crippen molar-refractivity contribution >= 4 is 12.0 Å². The highest BCUT2D eigenvalue weighted by molar-refractivity contribution is 5.88. The molecule has 0 N–H and O–H groups in total. The highest BCUT2D eigenvalue weighted by Gasteiger charge is 2.11. The van der Waals surface area contributed by atoms with Crippen molar-refractivity contribution in [3.05, 3.63) is 78.3 Å². The number of ether oxygens (including phenoxy) is 1. The molecule has 28 heavy (non-hydrogen) atoms. The number of carbonyl (C=O) groups is 1. The van der Waals surface area contributed by atoms with E-state index in [0.717, 1.165) is 11.3 Å². The van der Waals surface area contributed by atoms with Gasteiger partial charge in [-0.3, -0.25) is 0 Å². The molecule has 1 aromatic heterocycles. The Balaban J connectivity index is 1.87. The largest absolute Gasteiger partial charge is 0.462 e. The maximum absolute atomic E-state index is 13.3. The third-order valence-electron chi connectivity index (χ3n) is 3.96. The third kappa shape index (κ3) is 4.92. The van der Waals surface area contributed by atoms with Crippen LogP contribution in [0.1, 0.15) is 18.4 Å². The fraction of sp³-hybridized carbons (Fsp3) is 0.136. The van der Waals surface area contributed by atoms with Crippen molar-refractivity contribution < 1.29 is 13.9 Å². The molecule has 140 valence electrons. The molecule has 0 fully saturated rings. The Labute approximate surface area is 162 Å². The third-order valence-corrected chi connectivity index (χ3v) is 3.96. The molecule has 0 amide bonds. The molecule has 0 unspecified atom stereocenters. The van der Waals surface area contributed by atoms with Crippen LogP contribution >= 0.6 is 0 Å². The van der Waals surface area contributed by atoms with Crippen molar-refractivity contribution in [2.75, 3.05) is 6.61 Å². The summed E-state index contributed by atoms with van der Waals surface area (Å²) >= 11 is 0. The van der Waals surface area contributed by atoms with Gasteiger partial charge in [0.2, 0.25) is 0 Å². The van der Waals surface area contributed by atoms with Gasteiger partial charge in [0, 0.05) is 29.8 Å². The van der Waals surface area contributed by atoms with Crippen LogP contribution in [-0.2, 0) is 9.53 Å². The number of carbonyl (C=O) groups excluding carboxylic acids is 1. The second-order valence-corrected chi connectivity index (χ2v) is 5.98. The van der Waals surface area contributed by atoms with Crippen molar-refractivity contribution in [3.63, 3.8) is 0 Å². The zero-order valence-electron chi connectivity index (χ0n) is 15.1. The smallest absolute Gasteiger partial charge is 0.330 e. The van der Waals surface area contributed by atoms with Gasteiger partial charge in [0.15, 0.2) is 0 Å². The van der Waals surface area contributed by atoms with E-state index in [1.54, 1.807) is 29.1 Å². The quantitative estimate of drug-likeness (QED) is 0.345. The summed E-state index contributed by atoms with van der Waals surface area (Å²) in [6, 6.07) is 17.6. The monoisotopic (exact) mass is 375 g/mol. The van der Waals surface area contributed by atoms with E-state index >= 15 is 0 Å². The van der Waals surface area contributed by atoms with E-state index in [9.17, 15) is 9.18 Å². The molecule has 5 nitrogen and oxygen atoms in total.